The van der Waals surface area contributed by atoms with Gasteiger partial charge in [0.05, 0.1) is 16.7 Å². The lowest BCUT2D eigenvalue weighted by atomic mass is 9.97. The third-order valence-electron chi connectivity index (χ3n) is 11.2. The zero-order valence-electron chi connectivity index (χ0n) is 31.1. The Bertz CT molecular complexity index is 3190. The zero-order chi connectivity index (χ0) is 37.7. The largest absolute Gasteiger partial charge is 0.310 e. The lowest BCUT2D eigenvalue weighted by molar-refractivity contribution is 1.18. The Morgan fingerprint density at radius 3 is 1.65 bits per heavy atom. The number of hydrogen-bond donors (Lipinski definition) is 0. The van der Waals surface area contributed by atoms with E-state index in [9.17, 15) is 0 Å². The normalized spacial score (nSPS) is 11.5. The van der Waals surface area contributed by atoms with E-state index in [0.717, 1.165) is 17.1 Å². The monoisotopic (exact) mass is 744 g/mol. The number of nitrogens with zero attached hydrogens (tertiary/aromatic N) is 2. The second-order valence-electron chi connectivity index (χ2n) is 14.5. The van der Waals surface area contributed by atoms with Crippen LogP contribution in [0.15, 0.2) is 218 Å². The number of fused-ring (bicyclic) bond motifs is 6. The van der Waals surface area contributed by atoms with E-state index in [2.05, 4.69) is 228 Å². The third-order valence-corrected chi connectivity index (χ3v) is 12.3. The minimum atomic E-state index is 1.11. The second-order valence-corrected chi connectivity index (χ2v) is 15.6. The summed E-state index contributed by atoms with van der Waals surface area (Å²) in [5.41, 5.74) is 14.1. The smallest absolute Gasteiger partial charge is 0.0541 e. The molecule has 0 atom stereocenters. The van der Waals surface area contributed by atoms with Crippen LogP contribution in [0.1, 0.15) is 0 Å². The Hall–Kier alpha value is -7.20. The van der Waals surface area contributed by atoms with Crippen LogP contribution in [-0.2, 0) is 0 Å². The molecule has 2 aromatic heterocycles. The molecule has 0 radical (unpaired) electrons. The van der Waals surface area contributed by atoms with Crippen molar-refractivity contribution in [2.45, 2.75) is 0 Å². The van der Waals surface area contributed by atoms with Crippen molar-refractivity contribution in [1.82, 2.24) is 4.57 Å². The Morgan fingerprint density at radius 1 is 0.316 bits per heavy atom. The van der Waals surface area contributed by atoms with E-state index >= 15 is 0 Å². The van der Waals surface area contributed by atoms with Crippen molar-refractivity contribution >= 4 is 70.4 Å². The molecule has 0 aliphatic carbocycles. The van der Waals surface area contributed by atoms with Crippen molar-refractivity contribution < 1.29 is 0 Å². The van der Waals surface area contributed by atoms with Crippen molar-refractivity contribution in [1.29, 1.82) is 0 Å². The summed E-state index contributed by atoms with van der Waals surface area (Å²) in [5.74, 6) is 0. The van der Waals surface area contributed by atoms with Gasteiger partial charge in [-0.3, -0.25) is 0 Å². The van der Waals surface area contributed by atoms with Crippen molar-refractivity contribution in [3.05, 3.63) is 218 Å². The van der Waals surface area contributed by atoms with Gasteiger partial charge in [0.15, 0.2) is 0 Å². The summed E-state index contributed by atoms with van der Waals surface area (Å²) in [7, 11) is 0. The molecule has 0 amide bonds. The topological polar surface area (TPSA) is 8.17 Å². The number of para-hydroxylation sites is 3. The molecule has 0 fully saturated rings. The third kappa shape index (κ3) is 5.80. The number of benzene rings is 9. The summed E-state index contributed by atoms with van der Waals surface area (Å²) in [4.78, 5) is 2.39. The van der Waals surface area contributed by atoms with Gasteiger partial charge in [-0.1, -0.05) is 146 Å². The first kappa shape index (κ1) is 33.2. The molecule has 268 valence electrons. The SMILES string of the molecule is c1ccc(-c2cccc(N(c3ccc(-c4cccc(-c5ccccc5-n5c6ccccc6c6ccccc65)c4)cc3)c3ccc4sc5ccccc5c4c3)c2)cc1. The van der Waals surface area contributed by atoms with Crippen LogP contribution in [-0.4, -0.2) is 4.57 Å². The summed E-state index contributed by atoms with van der Waals surface area (Å²) < 4.78 is 5.03. The Balaban J connectivity index is 1.00. The first-order chi connectivity index (χ1) is 28.3. The molecule has 2 nitrogen and oxygen atoms in total. The fourth-order valence-corrected chi connectivity index (χ4v) is 9.61. The number of anilines is 3. The van der Waals surface area contributed by atoms with Crippen LogP contribution in [0.25, 0.3) is 81.0 Å². The molecule has 9 aromatic carbocycles. The average molecular weight is 745 g/mol. The average Bonchev–Trinajstić information content (AvgIpc) is 3.83. The summed E-state index contributed by atoms with van der Waals surface area (Å²) >= 11 is 1.85. The predicted octanol–water partition coefficient (Wildman–Crippen LogP) is 15.6. The molecule has 57 heavy (non-hydrogen) atoms. The molecule has 0 saturated heterocycles. The van der Waals surface area contributed by atoms with Crippen LogP contribution in [0.5, 0.6) is 0 Å². The molecule has 3 heteroatoms. The maximum atomic E-state index is 2.42. The van der Waals surface area contributed by atoms with Crippen molar-refractivity contribution in [2.24, 2.45) is 0 Å². The number of rotatable bonds is 7. The number of thiophene rings is 1. The maximum Gasteiger partial charge on any atom is 0.0541 e. The molecule has 11 aromatic rings. The van der Waals surface area contributed by atoms with Crippen molar-refractivity contribution in [3.63, 3.8) is 0 Å². The Labute approximate surface area is 335 Å². The van der Waals surface area contributed by atoms with Gasteiger partial charge < -0.3 is 9.47 Å². The van der Waals surface area contributed by atoms with Crippen LogP contribution in [0, 0.1) is 0 Å². The van der Waals surface area contributed by atoms with Gasteiger partial charge in [0.1, 0.15) is 0 Å². The maximum absolute atomic E-state index is 2.42. The van der Waals surface area contributed by atoms with Gasteiger partial charge in [-0.2, -0.15) is 0 Å². The van der Waals surface area contributed by atoms with Gasteiger partial charge in [-0.25, -0.2) is 0 Å². The molecular formula is C54H36N2S. The summed E-state index contributed by atoms with van der Waals surface area (Å²) in [6.45, 7) is 0. The first-order valence-corrected chi connectivity index (χ1v) is 20.2. The van der Waals surface area contributed by atoms with Crippen LogP contribution in [0.3, 0.4) is 0 Å². The molecule has 0 saturated carbocycles. The number of hydrogen-bond acceptors (Lipinski definition) is 2. The van der Waals surface area contributed by atoms with E-state index in [1.807, 2.05) is 11.3 Å². The molecule has 0 aliphatic rings. The van der Waals surface area contributed by atoms with E-state index in [1.165, 1.54) is 81.0 Å². The molecule has 0 bridgehead atoms. The minimum Gasteiger partial charge on any atom is -0.310 e. The highest BCUT2D eigenvalue weighted by Crippen LogP contribution is 2.42. The lowest BCUT2D eigenvalue weighted by Crippen LogP contribution is -2.10. The summed E-state index contributed by atoms with van der Waals surface area (Å²) in [6.07, 6.45) is 0. The quantitative estimate of drug-likeness (QED) is 0.158. The fraction of sp³-hybridized carbons (Fsp3) is 0. The fourth-order valence-electron chi connectivity index (χ4n) is 8.52. The summed E-state index contributed by atoms with van der Waals surface area (Å²) in [5, 5.41) is 5.11. The van der Waals surface area contributed by atoms with E-state index < -0.39 is 0 Å². The second kappa shape index (κ2) is 13.8. The van der Waals surface area contributed by atoms with Crippen molar-refractivity contribution in [3.8, 4) is 39.1 Å². The van der Waals surface area contributed by atoms with E-state index in [0.29, 0.717) is 0 Å². The zero-order valence-corrected chi connectivity index (χ0v) is 31.9. The molecule has 11 rings (SSSR count). The van der Waals surface area contributed by atoms with Crippen LogP contribution in [0.2, 0.25) is 0 Å². The lowest BCUT2D eigenvalue weighted by Gasteiger charge is -2.26. The highest BCUT2D eigenvalue weighted by Gasteiger charge is 2.18. The molecular weight excluding hydrogens is 709 g/mol. The van der Waals surface area contributed by atoms with E-state index in [-0.39, 0.29) is 0 Å². The van der Waals surface area contributed by atoms with Gasteiger partial charge in [0, 0.05) is 53.6 Å². The predicted molar refractivity (Wildman–Crippen MR) is 245 cm³/mol. The Kier molecular flexibility index (Phi) is 8.04. The molecule has 2 heterocycles. The summed E-state index contributed by atoms with van der Waals surface area (Å²) in [6, 6.07) is 79.4. The van der Waals surface area contributed by atoms with E-state index in [4.69, 9.17) is 0 Å². The van der Waals surface area contributed by atoms with Crippen molar-refractivity contribution in [2.75, 3.05) is 4.90 Å². The van der Waals surface area contributed by atoms with Crippen LogP contribution >= 0.6 is 11.3 Å². The highest BCUT2D eigenvalue weighted by atomic mass is 32.1. The standard InChI is InChI=1S/C54H36N2S/c1-2-14-37(15-3-1)40-17-13-19-43(35-40)55(44-32-33-54-49(36-44)48-23-7-11-27-53(48)57-54)42-30-28-38(29-31-42)39-16-12-18-41(34-39)45-20-4-8-24-50(45)56-51-25-9-5-21-46(51)47-22-6-10-26-52(47)56/h1-36H. The van der Waals surface area contributed by atoms with E-state index in [1.54, 1.807) is 0 Å². The van der Waals surface area contributed by atoms with Gasteiger partial charge in [0.25, 0.3) is 0 Å². The van der Waals surface area contributed by atoms with Gasteiger partial charge in [0.2, 0.25) is 0 Å². The van der Waals surface area contributed by atoms with Gasteiger partial charge >= 0.3 is 0 Å². The molecule has 0 aliphatic heterocycles. The first-order valence-electron chi connectivity index (χ1n) is 19.4. The number of aromatic nitrogens is 1. The molecule has 0 N–H and O–H groups in total. The molecule has 0 unspecified atom stereocenters. The Morgan fingerprint density at radius 2 is 0.860 bits per heavy atom. The molecule has 0 spiro atoms. The van der Waals surface area contributed by atoms with Crippen LogP contribution < -0.4 is 4.90 Å². The van der Waals surface area contributed by atoms with Crippen LogP contribution in [0.4, 0.5) is 17.1 Å². The van der Waals surface area contributed by atoms with Gasteiger partial charge in [-0.05, 0) is 101 Å². The van der Waals surface area contributed by atoms with Gasteiger partial charge in [-0.15, -0.1) is 11.3 Å². The minimum absolute atomic E-state index is 1.11. The highest BCUT2D eigenvalue weighted by molar-refractivity contribution is 7.25.